The Kier molecular flexibility index (Phi) is 5.00. The van der Waals surface area contributed by atoms with Crippen molar-refractivity contribution in [2.75, 3.05) is 12.3 Å². The van der Waals surface area contributed by atoms with E-state index in [1.54, 1.807) is 6.92 Å². The third kappa shape index (κ3) is 2.81. The Bertz CT molecular complexity index is 716. The number of halogens is 1. The van der Waals surface area contributed by atoms with Crippen molar-refractivity contribution in [1.29, 1.82) is 0 Å². The van der Waals surface area contributed by atoms with Crippen LogP contribution in [0.4, 0.5) is 5.82 Å². The molecule has 10 nitrogen and oxygen atoms in total. The van der Waals surface area contributed by atoms with Gasteiger partial charge in [0.1, 0.15) is 24.1 Å². The number of hydrogen-bond acceptors (Lipinski definition) is 9. The Balaban J connectivity index is 0.00000144. The van der Waals surface area contributed by atoms with Gasteiger partial charge in [-0.1, -0.05) is 0 Å². The van der Waals surface area contributed by atoms with Gasteiger partial charge in [0.05, 0.1) is 12.9 Å². The molecule has 0 aromatic carbocycles. The Labute approximate surface area is 138 Å². The number of esters is 1. The summed E-state index contributed by atoms with van der Waals surface area (Å²) in [6, 6.07) is 0. The predicted octanol–water partition coefficient (Wildman–Crippen LogP) is -4.29. The quantitative estimate of drug-likeness (QED) is 0.470. The summed E-state index contributed by atoms with van der Waals surface area (Å²) < 4.78 is 11.6. The Morgan fingerprint density at radius 3 is 2.87 bits per heavy atom. The summed E-state index contributed by atoms with van der Waals surface area (Å²) in [7, 11) is 0. The standard InChI is InChI=1S/C12H15N5O5.ClH/c1-2-21-12(20)8-6(18)7(19)11(22-8)17-4-16-5-9(13)14-3-15-10(5)17;/h3-4,6-8,11,18-19H,2H2,1H3,(H2,13,14,15);1H. The maximum absolute atomic E-state index is 11.7. The number of aliphatic hydroxyl groups excluding tert-OH is 2. The molecule has 0 spiro atoms. The summed E-state index contributed by atoms with van der Waals surface area (Å²) in [5.74, 6) is -0.561. The van der Waals surface area contributed by atoms with E-state index in [0.29, 0.717) is 11.2 Å². The van der Waals surface area contributed by atoms with Crippen molar-refractivity contribution in [2.45, 2.75) is 31.5 Å². The summed E-state index contributed by atoms with van der Waals surface area (Å²) in [5.41, 5.74) is 6.36. The van der Waals surface area contributed by atoms with Crippen LogP contribution in [0, 0.1) is 0 Å². The number of nitrogens with zero attached hydrogens (tertiary/aromatic N) is 4. The van der Waals surface area contributed by atoms with Gasteiger partial charge in [0.15, 0.2) is 23.8 Å². The van der Waals surface area contributed by atoms with Gasteiger partial charge in [-0.15, -0.1) is 0 Å². The van der Waals surface area contributed by atoms with Crippen LogP contribution >= 0.6 is 0 Å². The van der Waals surface area contributed by atoms with Gasteiger partial charge in [-0.25, -0.2) is 19.7 Å². The number of anilines is 1. The first kappa shape index (κ1) is 17.3. The lowest BCUT2D eigenvalue weighted by molar-refractivity contribution is -0.161. The summed E-state index contributed by atoms with van der Waals surface area (Å²) in [4.78, 5) is 23.6. The number of carbonyl (C=O) groups excluding carboxylic acids is 1. The van der Waals surface area contributed by atoms with Crippen LogP contribution in [0.5, 0.6) is 0 Å². The van der Waals surface area contributed by atoms with Crippen LogP contribution in [0.2, 0.25) is 0 Å². The van der Waals surface area contributed by atoms with Crippen molar-refractivity contribution in [3.63, 3.8) is 0 Å². The Morgan fingerprint density at radius 2 is 2.17 bits per heavy atom. The highest BCUT2D eigenvalue weighted by Gasteiger charge is 2.48. The maximum atomic E-state index is 11.7. The fourth-order valence-electron chi connectivity index (χ4n) is 2.36. The van der Waals surface area contributed by atoms with Crippen LogP contribution in [0.15, 0.2) is 12.7 Å². The topological polar surface area (TPSA) is 146 Å². The Hall–Kier alpha value is -2.01. The minimum atomic E-state index is -1.42. The number of fused-ring (bicyclic) bond motifs is 1. The fraction of sp³-hybridized carbons (Fsp3) is 0.500. The smallest absolute Gasteiger partial charge is 1.00 e. The van der Waals surface area contributed by atoms with Crippen LogP contribution in [0.25, 0.3) is 11.2 Å². The van der Waals surface area contributed by atoms with E-state index in [0.717, 1.165) is 0 Å². The van der Waals surface area contributed by atoms with Gasteiger partial charge in [0, 0.05) is 0 Å². The largest absolute Gasteiger partial charge is 1.00 e. The normalized spacial score (nSPS) is 26.9. The molecule has 4 atom stereocenters. The first-order chi connectivity index (χ1) is 10.5. The molecule has 0 amide bonds. The molecule has 2 aromatic rings. The average Bonchev–Trinajstić information content (AvgIpc) is 3.03. The van der Waals surface area contributed by atoms with Gasteiger partial charge in [-0.3, -0.25) is 4.57 Å². The SMILES string of the molecule is CCOC(=O)C1OC(n2cnc3c(N)ncnc32)C(O)C1O.[Cl-].[H+]. The lowest BCUT2D eigenvalue weighted by Crippen LogP contribution is -3.00. The molecule has 0 aliphatic carbocycles. The van der Waals surface area contributed by atoms with Gasteiger partial charge < -0.3 is 37.8 Å². The second-order valence-corrected chi connectivity index (χ2v) is 4.76. The van der Waals surface area contributed by atoms with E-state index < -0.39 is 30.5 Å². The molecule has 0 saturated carbocycles. The lowest BCUT2D eigenvalue weighted by Gasteiger charge is -2.16. The van der Waals surface area contributed by atoms with Crippen molar-refractivity contribution in [2.24, 2.45) is 0 Å². The maximum Gasteiger partial charge on any atom is 1.00 e. The number of aliphatic hydroxyl groups is 2. The van der Waals surface area contributed by atoms with Crippen LogP contribution in [-0.2, 0) is 14.3 Å². The van der Waals surface area contributed by atoms with Gasteiger partial charge in [0.25, 0.3) is 0 Å². The van der Waals surface area contributed by atoms with E-state index in [4.69, 9.17) is 15.2 Å². The van der Waals surface area contributed by atoms with Crippen molar-refractivity contribution in [1.82, 2.24) is 19.5 Å². The van der Waals surface area contributed by atoms with Gasteiger partial charge in [-0.05, 0) is 6.92 Å². The zero-order valence-corrected chi connectivity index (χ0v) is 12.8. The first-order valence-electron chi connectivity index (χ1n) is 6.65. The summed E-state index contributed by atoms with van der Waals surface area (Å²) in [6.07, 6.45) is -2.48. The van der Waals surface area contributed by atoms with Gasteiger partial charge in [-0.2, -0.15) is 0 Å². The summed E-state index contributed by atoms with van der Waals surface area (Å²) in [6.45, 7) is 1.78. The number of carbonyl (C=O) groups is 1. The fourth-order valence-corrected chi connectivity index (χ4v) is 2.36. The zero-order valence-electron chi connectivity index (χ0n) is 13.0. The van der Waals surface area contributed by atoms with Gasteiger partial charge >= 0.3 is 7.40 Å². The number of aromatic nitrogens is 4. The number of nitrogens with two attached hydrogens (primary N) is 1. The third-order valence-electron chi connectivity index (χ3n) is 3.42. The molecular formula is C12H16ClN5O5. The van der Waals surface area contributed by atoms with Crippen molar-refractivity contribution >= 4 is 23.0 Å². The van der Waals surface area contributed by atoms with E-state index in [1.807, 2.05) is 0 Å². The van der Waals surface area contributed by atoms with Crippen LogP contribution < -0.4 is 18.1 Å². The lowest BCUT2D eigenvalue weighted by atomic mass is 10.1. The zero-order chi connectivity index (χ0) is 15.9. The number of nitrogen functional groups attached to an aromatic ring is 1. The number of imidazole rings is 1. The molecule has 1 saturated heterocycles. The minimum absolute atomic E-state index is 0. The molecule has 1 aliphatic heterocycles. The van der Waals surface area contributed by atoms with Crippen molar-refractivity contribution in [3.05, 3.63) is 12.7 Å². The van der Waals surface area contributed by atoms with Crippen LogP contribution in [0.1, 0.15) is 14.6 Å². The van der Waals surface area contributed by atoms with Crippen molar-refractivity contribution < 1.29 is 38.3 Å². The highest BCUT2D eigenvalue weighted by molar-refractivity contribution is 5.81. The number of rotatable bonds is 3. The Morgan fingerprint density at radius 1 is 1.43 bits per heavy atom. The van der Waals surface area contributed by atoms with Gasteiger partial charge in [0.2, 0.25) is 0 Å². The molecule has 11 heteroatoms. The molecule has 4 N–H and O–H groups in total. The van der Waals surface area contributed by atoms with Crippen LogP contribution in [-0.4, -0.2) is 60.6 Å². The molecule has 1 aliphatic rings. The van der Waals surface area contributed by atoms with E-state index in [9.17, 15) is 15.0 Å². The van der Waals surface area contributed by atoms with E-state index in [2.05, 4.69) is 15.0 Å². The highest BCUT2D eigenvalue weighted by atomic mass is 35.5. The minimum Gasteiger partial charge on any atom is -1.00 e. The number of hydrogen-bond donors (Lipinski definition) is 3. The summed E-state index contributed by atoms with van der Waals surface area (Å²) >= 11 is 0. The van der Waals surface area contributed by atoms with E-state index in [1.165, 1.54) is 17.2 Å². The molecule has 23 heavy (non-hydrogen) atoms. The molecule has 2 aromatic heterocycles. The molecular weight excluding hydrogens is 330 g/mol. The molecule has 3 heterocycles. The first-order valence-corrected chi connectivity index (χ1v) is 6.65. The van der Waals surface area contributed by atoms with Crippen molar-refractivity contribution in [3.8, 4) is 0 Å². The molecule has 4 unspecified atom stereocenters. The van der Waals surface area contributed by atoms with E-state index >= 15 is 0 Å². The molecule has 1 fully saturated rings. The highest BCUT2D eigenvalue weighted by Crippen LogP contribution is 2.32. The van der Waals surface area contributed by atoms with E-state index in [-0.39, 0.29) is 26.3 Å². The third-order valence-corrected chi connectivity index (χ3v) is 3.42. The number of ether oxygens (including phenoxy) is 2. The average molecular weight is 346 g/mol. The second kappa shape index (κ2) is 6.62. The predicted molar refractivity (Wildman–Crippen MR) is 73.4 cm³/mol. The molecule has 0 radical (unpaired) electrons. The molecule has 126 valence electrons. The van der Waals surface area contributed by atoms with Crippen LogP contribution in [0.3, 0.4) is 0 Å². The monoisotopic (exact) mass is 345 g/mol. The molecule has 0 bridgehead atoms. The summed E-state index contributed by atoms with van der Waals surface area (Å²) in [5, 5.41) is 20.1. The molecule has 3 rings (SSSR count). The second-order valence-electron chi connectivity index (χ2n) is 4.76.